The van der Waals surface area contributed by atoms with Crippen LogP contribution < -0.4 is 4.74 Å². The van der Waals surface area contributed by atoms with E-state index in [9.17, 15) is 5.11 Å². The van der Waals surface area contributed by atoms with Gasteiger partial charge in [-0.1, -0.05) is 103 Å². The van der Waals surface area contributed by atoms with Crippen molar-refractivity contribution in [3.05, 3.63) is 138 Å². The van der Waals surface area contributed by atoms with Crippen LogP contribution in [0.1, 0.15) is 22.3 Å². The molecule has 42 heavy (non-hydrogen) atoms. The van der Waals surface area contributed by atoms with Crippen molar-refractivity contribution in [1.29, 1.82) is 0 Å². The number of ether oxygens (including phenoxy) is 6. The Bertz CT molecular complexity index is 1300. The predicted molar refractivity (Wildman–Crippen MR) is 159 cm³/mol. The fourth-order valence-corrected chi connectivity index (χ4v) is 4.91. The molecule has 1 saturated heterocycles. The Morgan fingerprint density at radius 3 is 1.52 bits per heavy atom. The molecule has 0 radical (unpaired) electrons. The standard InChI is InChI=1S/C35H38O7/c1-37-30-19-17-29(18-20-30)24-40-33-32(39-22-27-13-7-3-8-14-27)31(25-38-21-26-11-5-2-6-12-26)42-35(36)34(33)41-23-28-15-9-4-10-16-28/h2-20,31-36H,21-25H2,1H3/t31-,32+,33+,34-,35+/m1/s1. The van der Waals surface area contributed by atoms with E-state index in [2.05, 4.69) is 0 Å². The maximum atomic E-state index is 11.2. The number of methoxy groups -OCH3 is 1. The van der Waals surface area contributed by atoms with Crippen LogP contribution >= 0.6 is 0 Å². The summed E-state index contributed by atoms with van der Waals surface area (Å²) in [6.45, 7) is 1.53. The highest BCUT2D eigenvalue weighted by Gasteiger charge is 2.48. The molecule has 5 rings (SSSR count). The molecule has 0 amide bonds. The lowest BCUT2D eigenvalue weighted by atomic mass is 9.98. The van der Waals surface area contributed by atoms with Crippen LogP contribution in [0.25, 0.3) is 0 Å². The number of hydrogen-bond donors (Lipinski definition) is 1. The van der Waals surface area contributed by atoms with Crippen molar-refractivity contribution in [2.24, 2.45) is 0 Å². The largest absolute Gasteiger partial charge is 0.497 e. The third kappa shape index (κ3) is 8.49. The van der Waals surface area contributed by atoms with Gasteiger partial charge in [-0.25, -0.2) is 0 Å². The monoisotopic (exact) mass is 570 g/mol. The maximum absolute atomic E-state index is 11.2. The molecule has 0 bridgehead atoms. The third-order valence-electron chi connectivity index (χ3n) is 7.18. The highest BCUT2D eigenvalue weighted by atomic mass is 16.7. The molecule has 4 aromatic rings. The highest BCUT2D eigenvalue weighted by molar-refractivity contribution is 5.26. The Kier molecular flexibility index (Phi) is 11.1. The SMILES string of the molecule is COc1ccc(CO[C@@H]2[C@@H](OCc3ccccc3)[C@@H](O)O[C@H](COCc3ccccc3)[C@@H]2OCc2ccccc2)cc1. The molecule has 220 valence electrons. The molecule has 1 heterocycles. The quantitative estimate of drug-likeness (QED) is 0.209. The normalized spacial score (nSPS) is 22.1. The molecular formula is C35H38O7. The van der Waals surface area contributed by atoms with E-state index in [4.69, 9.17) is 28.4 Å². The first-order valence-corrected chi connectivity index (χ1v) is 14.2. The van der Waals surface area contributed by atoms with E-state index >= 15 is 0 Å². The van der Waals surface area contributed by atoms with Gasteiger partial charge in [-0.05, 0) is 34.4 Å². The van der Waals surface area contributed by atoms with Crippen molar-refractivity contribution >= 4 is 0 Å². The summed E-state index contributed by atoms with van der Waals surface area (Å²) in [6.07, 6.45) is -3.85. The highest BCUT2D eigenvalue weighted by Crippen LogP contribution is 2.30. The van der Waals surface area contributed by atoms with E-state index in [1.54, 1.807) is 7.11 Å². The molecule has 0 spiro atoms. The van der Waals surface area contributed by atoms with E-state index in [-0.39, 0.29) is 19.8 Å². The summed E-state index contributed by atoms with van der Waals surface area (Å²) in [4.78, 5) is 0. The van der Waals surface area contributed by atoms with Crippen molar-refractivity contribution in [1.82, 2.24) is 0 Å². The van der Waals surface area contributed by atoms with Crippen LogP contribution in [0.3, 0.4) is 0 Å². The van der Waals surface area contributed by atoms with Gasteiger partial charge < -0.3 is 33.5 Å². The van der Waals surface area contributed by atoms with Crippen molar-refractivity contribution in [3.8, 4) is 5.75 Å². The second-order valence-corrected chi connectivity index (χ2v) is 10.2. The van der Waals surface area contributed by atoms with E-state index < -0.39 is 30.7 Å². The van der Waals surface area contributed by atoms with Gasteiger partial charge in [0.15, 0.2) is 6.29 Å². The molecule has 7 heteroatoms. The van der Waals surface area contributed by atoms with Crippen LogP contribution in [-0.2, 0) is 50.1 Å². The summed E-state index contributed by atoms with van der Waals surface area (Å²) >= 11 is 0. The smallest absolute Gasteiger partial charge is 0.184 e. The molecule has 0 saturated carbocycles. The average Bonchev–Trinajstić information content (AvgIpc) is 3.04. The van der Waals surface area contributed by atoms with Gasteiger partial charge in [-0.15, -0.1) is 0 Å². The Labute approximate surface area is 247 Å². The second kappa shape index (κ2) is 15.6. The number of hydrogen-bond acceptors (Lipinski definition) is 7. The average molecular weight is 571 g/mol. The van der Waals surface area contributed by atoms with Gasteiger partial charge in [0.25, 0.3) is 0 Å². The topological polar surface area (TPSA) is 75.6 Å². The maximum Gasteiger partial charge on any atom is 0.184 e. The minimum absolute atomic E-state index is 0.208. The molecule has 0 aromatic heterocycles. The molecule has 1 aliphatic rings. The van der Waals surface area contributed by atoms with Crippen LogP contribution in [0.5, 0.6) is 5.75 Å². The lowest BCUT2D eigenvalue weighted by molar-refractivity contribution is -0.317. The molecule has 0 unspecified atom stereocenters. The fraction of sp³-hybridized carbons (Fsp3) is 0.314. The van der Waals surface area contributed by atoms with E-state index in [1.165, 1.54) is 0 Å². The minimum Gasteiger partial charge on any atom is -0.497 e. The minimum atomic E-state index is -1.24. The van der Waals surface area contributed by atoms with E-state index in [0.717, 1.165) is 28.0 Å². The lowest BCUT2D eigenvalue weighted by Crippen LogP contribution is -2.61. The van der Waals surface area contributed by atoms with Crippen LogP contribution in [-0.4, -0.2) is 49.5 Å². The summed E-state index contributed by atoms with van der Waals surface area (Å²) < 4.78 is 36.8. The van der Waals surface area contributed by atoms with E-state index in [0.29, 0.717) is 13.2 Å². The van der Waals surface area contributed by atoms with Gasteiger partial charge >= 0.3 is 0 Å². The zero-order valence-corrected chi connectivity index (χ0v) is 23.8. The first kappa shape index (κ1) is 29.9. The summed E-state index contributed by atoms with van der Waals surface area (Å²) in [6, 6.07) is 37.4. The van der Waals surface area contributed by atoms with Gasteiger partial charge in [0.1, 0.15) is 30.2 Å². The first-order chi connectivity index (χ1) is 20.7. The Balaban J connectivity index is 1.36. The molecule has 4 aromatic carbocycles. The zero-order valence-electron chi connectivity index (χ0n) is 23.8. The van der Waals surface area contributed by atoms with Crippen LogP contribution in [0.4, 0.5) is 0 Å². The summed E-state index contributed by atoms with van der Waals surface area (Å²) in [7, 11) is 1.64. The number of rotatable bonds is 14. The van der Waals surface area contributed by atoms with Crippen LogP contribution in [0, 0.1) is 0 Å². The Hall–Kier alpha value is -3.56. The molecule has 7 nitrogen and oxygen atoms in total. The molecule has 1 N–H and O–H groups in total. The second-order valence-electron chi connectivity index (χ2n) is 10.2. The molecule has 1 aliphatic heterocycles. The Morgan fingerprint density at radius 1 is 0.548 bits per heavy atom. The van der Waals surface area contributed by atoms with Crippen molar-refractivity contribution < 1.29 is 33.5 Å². The van der Waals surface area contributed by atoms with Crippen molar-refractivity contribution in [2.75, 3.05) is 13.7 Å². The lowest BCUT2D eigenvalue weighted by Gasteiger charge is -2.44. The molecule has 1 fully saturated rings. The summed E-state index contributed by atoms with van der Waals surface area (Å²) in [5.74, 6) is 0.768. The van der Waals surface area contributed by atoms with Gasteiger partial charge in [-0.3, -0.25) is 0 Å². The molecular weight excluding hydrogens is 532 g/mol. The number of aliphatic hydroxyl groups excluding tert-OH is 1. The fourth-order valence-electron chi connectivity index (χ4n) is 4.91. The third-order valence-corrected chi connectivity index (χ3v) is 7.18. The Morgan fingerprint density at radius 2 is 1.00 bits per heavy atom. The van der Waals surface area contributed by atoms with Gasteiger partial charge in [0, 0.05) is 0 Å². The van der Waals surface area contributed by atoms with Gasteiger partial charge in [0.2, 0.25) is 0 Å². The predicted octanol–water partition coefficient (Wildman–Crippen LogP) is 5.69. The molecule has 0 aliphatic carbocycles. The zero-order chi connectivity index (χ0) is 29.0. The van der Waals surface area contributed by atoms with Gasteiger partial charge in [-0.2, -0.15) is 0 Å². The van der Waals surface area contributed by atoms with E-state index in [1.807, 2.05) is 115 Å². The number of aliphatic hydroxyl groups is 1. The molecule has 5 atom stereocenters. The first-order valence-electron chi connectivity index (χ1n) is 14.2. The summed E-state index contributed by atoms with van der Waals surface area (Å²) in [5, 5.41) is 11.2. The summed E-state index contributed by atoms with van der Waals surface area (Å²) in [5.41, 5.74) is 4.00. The van der Waals surface area contributed by atoms with Crippen LogP contribution in [0.2, 0.25) is 0 Å². The van der Waals surface area contributed by atoms with Crippen molar-refractivity contribution in [3.63, 3.8) is 0 Å². The van der Waals surface area contributed by atoms with Crippen LogP contribution in [0.15, 0.2) is 115 Å². The number of benzene rings is 4. The van der Waals surface area contributed by atoms with Crippen molar-refractivity contribution in [2.45, 2.75) is 57.1 Å². The van der Waals surface area contributed by atoms with Gasteiger partial charge in [0.05, 0.1) is 40.1 Å².